The largest absolute Gasteiger partial charge is 0.397 e. The molecular formula is C15H19ClN2OS. The Morgan fingerprint density at radius 3 is 2.60 bits per heavy atom. The molecule has 0 aliphatic carbocycles. The van der Waals surface area contributed by atoms with Gasteiger partial charge < -0.3 is 10.6 Å². The van der Waals surface area contributed by atoms with E-state index in [0.717, 1.165) is 10.1 Å². The highest BCUT2D eigenvalue weighted by Gasteiger charge is 2.23. The Labute approximate surface area is 128 Å². The lowest BCUT2D eigenvalue weighted by Crippen LogP contribution is -2.34. The minimum atomic E-state index is -0.0466. The van der Waals surface area contributed by atoms with E-state index >= 15 is 0 Å². The molecule has 0 aliphatic rings. The lowest BCUT2D eigenvalue weighted by atomic mass is 9.96. The first-order chi connectivity index (χ1) is 9.20. The number of fused-ring (bicyclic) bond motifs is 1. The molecule has 0 bridgehead atoms. The fraction of sp³-hybridized carbons (Fsp3) is 0.400. The number of halogens is 1. The fourth-order valence-corrected chi connectivity index (χ4v) is 3.72. The van der Waals surface area contributed by atoms with Crippen LogP contribution in [0, 0.1) is 5.41 Å². The van der Waals surface area contributed by atoms with Gasteiger partial charge in [-0.2, -0.15) is 0 Å². The Balaban J connectivity index is 2.41. The highest BCUT2D eigenvalue weighted by atomic mass is 35.5. The van der Waals surface area contributed by atoms with Gasteiger partial charge in [-0.05, 0) is 17.5 Å². The molecule has 1 aromatic carbocycles. The molecule has 1 heterocycles. The van der Waals surface area contributed by atoms with Gasteiger partial charge in [-0.3, -0.25) is 4.79 Å². The molecule has 0 atom stereocenters. The van der Waals surface area contributed by atoms with Gasteiger partial charge in [0.2, 0.25) is 0 Å². The Bertz CT molecular complexity index is 658. The Hall–Kier alpha value is -1.26. The van der Waals surface area contributed by atoms with Crippen molar-refractivity contribution in [3.05, 3.63) is 28.1 Å². The van der Waals surface area contributed by atoms with Crippen molar-refractivity contribution in [2.75, 3.05) is 19.3 Å². The van der Waals surface area contributed by atoms with Crippen molar-refractivity contribution in [2.24, 2.45) is 5.41 Å². The van der Waals surface area contributed by atoms with Crippen molar-refractivity contribution >= 4 is 44.6 Å². The summed E-state index contributed by atoms with van der Waals surface area (Å²) in [6.45, 7) is 6.97. The minimum absolute atomic E-state index is 0.0466. The molecular weight excluding hydrogens is 292 g/mol. The quantitative estimate of drug-likeness (QED) is 0.901. The highest BCUT2D eigenvalue weighted by molar-refractivity contribution is 7.21. The molecule has 0 saturated carbocycles. The number of rotatable bonds is 2. The molecule has 0 unspecified atom stereocenters. The van der Waals surface area contributed by atoms with E-state index in [1.165, 1.54) is 11.3 Å². The number of carbonyl (C=O) groups excluding carboxylic acids is 1. The first kappa shape index (κ1) is 15.1. The number of amides is 1. The molecule has 0 radical (unpaired) electrons. The number of thiophene rings is 1. The molecule has 2 aromatic rings. The summed E-state index contributed by atoms with van der Waals surface area (Å²) in [5, 5.41) is 1.38. The van der Waals surface area contributed by atoms with Crippen LogP contribution in [-0.4, -0.2) is 24.4 Å². The van der Waals surface area contributed by atoms with Gasteiger partial charge in [0.15, 0.2) is 0 Å². The summed E-state index contributed by atoms with van der Waals surface area (Å²) in [4.78, 5) is 14.8. The Morgan fingerprint density at radius 1 is 1.40 bits per heavy atom. The summed E-state index contributed by atoms with van der Waals surface area (Å²) in [6.07, 6.45) is 0. The second-order valence-corrected chi connectivity index (χ2v) is 7.64. The third-order valence-electron chi connectivity index (χ3n) is 2.95. The maximum Gasteiger partial charge on any atom is 0.265 e. The molecule has 20 heavy (non-hydrogen) atoms. The number of nitrogens with two attached hydrogens (primary N) is 1. The zero-order valence-corrected chi connectivity index (χ0v) is 13.7. The van der Waals surface area contributed by atoms with Crippen LogP contribution in [0.25, 0.3) is 10.1 Å². The summed E-state index contributed by atoms with van der Waals surface area (Å²) in [5.41, 5.74) is 6.66. The number of anilines is 1. The summed E-state index contributed by atoms with van der Waals surface area (Å²) >= 11 is 7.57. The molecule has 5 heteroatoms. The van der Waals surface area contributed by atoms with Crippen LogP contribution < -0.4 is 5.73 Å². The summed E-state index contributed by atoms with van der Waals surface area (Å²) in [7, 11) is 1.80. The zero-order chi connectivity index (χ0) is 15.1. The van der Waals surface area contributed by atoms with Crippen molar-refractivity contribution in [3.8, 4) is 0 Å². The molecule has 0 spiro atoms. The van der Waals surface area contributed by atoms with E-state index in [2.05, 4.69) is 20.8 Å². The number of hydrogen-bond acceptors (Lipinski definition) is 3. The van der Waals surface area contributed by atoms with Crippen LogP contribution in [0.1, 0.15) is 30.4 Å². The monoisotopic (exact) mass is 310 g/mol. The minimum Gasteiger partial charge on any atom is -0.397 e. The fourth-order valence-electron chi connectivity index (χ4n) is 2.24. The second kappa shape index (κ2) is 5.26. The normalized spacial score (nSPS) is 11.8. The van der Waals surface area contributed by atoms with Crippen LogP contribution in [0.15, 0.2) is 18.2 Å². The van der Waals surface area contributed by atoms with Crippen LogP contribution in [0.2, 0.25) is 5.02 Å². The molecule has 1 aromatic heterocycles. The van der Waals surface area contributed by atoms with E-state index in [1.54, 1.807) is 18.0 Å². The van der Waals surface area contributed by atoms with Crippen molar-refractivity contribution in [2.45, 2.75) is 20.8 Å². The van der Waals surface area contributed by atoms with Crippen molar-refractivity contribution in [3.63, 3.8) is 0 Å². The van der Waals surface area contributed by atoms with Crippen LogP contribution in [0.5, 0.6) is 0 Å². The van der Waals surface area contributed by atoms with Crippen LogP contribution >= 0.6 is 22.9 Å². The predicted molar refractivity (Wildman–Crippen MR) is 87.7 cm³/mol. The third-order valence-corrected chi connectivity index (χ3v) is 4.43. The van der Waals surface area contributed by atoms with Crippen LogP contribution in [0.4, 0.5) is 5.69 Å². The molecule has 2 rings (SSSR count). The lowest BCUT2D eigenvalue weighted by Gasteiger charge is -2.26. The van der Waals surface area contributed by atoms with Gasteiger partial charge in [0.1, 0.15) is 4.88 Å². The van der Waals surface area contributed by atoms with E-state index in [0.29, 0.717) is 22.1 Å². The molecule has 0 fully saturated rings. The topological polar surface area (TPSA) is 46.3 Å². The van der Waals surface area contributed by atoms with E-state index < -0.39 is 0 Å². The smallest absolute Gasteiger partial charge is 0.265 e. The van der Waals surface area contributed by atoms with E-state index in [1.807, 2.05) is 12.1 Å². The van der Waals surface area contributed by atoms with E-state index in [4.69, 9.17) is 17.3 Å². The van der Waals surface area contributed by atoms with Gasteiger partial charge in [-0.15, -0.1) is 11.3 Å². The average molecular weight is 311 g/mol. The average Bonchev–Trinajstić information content (AvgIpc) is 2.65. The first-order valence-electron chi connectivity index (χ1n) is 6.42. The maximum atomic E-state index is 12.5. The number of carbonyl (C=O) groups is 1. The van der Waals surface area contributed by atoms with Gasteiger partial charge >= 0.3 is 0 Å². The molecule has 0 aliphatic heterocycles. The maximum absolute atomic E-state index is 12.5. The standard InChI is InChI=1S/C15H19ClN2OS/c1-15(2,3)8-18(4)14(19)13-12(17)11-9(16)6-5-7-10(11)20-13/h5-7H,8,17H2,1-4H3. The number of nitrogens with zero attached hydrogens (tertiary/aromatic N) is 1. The van der Waals surface area contributed by atoms with Gasteiger partial charge in [0.25, 0.3) is 5.91 Å². The number of hydrogen-bond donors (Lipinski definition) is 1. The van der Waals surface area contributed by atoms with E-state index in [9.17, 15) is 4.79 Å². The SMILES string of the molecule is CN(CC(C)(C)C)C(=O)c1sc2cccc(Cl)c2c1N. The molecule has 0 saturated heterocycles. The Kier molecular flexibility index (Phi) is 3.98. The number of benzene rings is 1. The second-order valence-electron chi connectivity index (χ2n) is 6.18. The van der Waals surface area contributed by atoms with Crippen LogP contribution in [-0.2, 0) is 0 Å². The Morgan fingerprint density at radius 2 is 2.05 bits per heavy atom. The van der Waals surface area contributed by atoms with Gasteiger partial charge in [0.05, 0.1) is 10.7 Å². The lowest BCUT2D eigenvalue weighted by molar-refractivity contribution is 0.0751. The zero-order valence-electron chi connectivity index (χ0n) is 12.2. The third kappa shape index (κ3) is 2.91. The van der Waals surface area contributed by atoms with Crippen molar-refractivity contribution < 1.29 is 4.79 Å². The van der Waals surface area contributed by atoms with E-state index in [-0.39, 0.29) is 11.3 Å². The molecule has 108 valence electrons. The number of nitrogen functional groups attached to an aromatic ring is 1. The predicted octanol–water partition coefficient (Wildman–Crippen LogP) is 4.26. The van der Waals surface area contributed by atoms with Gasteiger partial charge in [-0.25, -0.2) is 0 Å². The highest BCUT2D eigenvalue weighted by Crippen LogP contribution is 2.38. The molecule has 1 amide bonds. The van der Waals surface area contributed by atoms with Crippen molar-refractivity contribution in [1.29, 1.82) is 0 Å². The summed E-state index contributed by atoms with van der Waals surface area (Å²) in [6, 6.07) is 5.59. The van der Waals surface area contributed by atoms with Gasteiger partial charge in [0, 0.05) is 23.7 Å². The first-order valence-corrected chi connectivity index (χ1v) is 7.62. The summed E-state index contributed by atoms with van der Waals surface area (Å²) in [5.74, 6) is -0.0466. The molecule has 2 N–H and O–H groups in total. The molecule has 3 nitrogen and oxygen atoms in total. The summed E-state index contributed by atoms with van der Waals surface area (Å²) < 4.78 is 0.947. The van der Waals surface area contributed by atoms with Crippen molar-refractivity contribution in [1.82, 2.24) is 4.90 Å². The van der Waals surface area contributed by atoms with Crippen LogP contribution in [0.3, 0.4) is 0 Å². The van der Waals surface area contributed by atoms with Gasteiger partial charge in [-0.1, -0.05) is 38.4 Å².